The minimum atomic E-state index is -0.753. The quantitative estimate of drug-likeness (QED) is 0.678. The Labute approximate surface area is 196 Å². The van der Waals surface area contributed by atoms with Gasteiger partial charge in [0.2, 0.25) is 11.7 Å². The SMILES string of the molecule is COc1ccc([C@H]2N(C(C)=O)c3ccccc3[C@@H]3C(=O)N(C)C(SC)=NN32)c(OC)c1OC. The van der Waals surface area contributed by atoms with Crippen molar-refractivity contribution in [3.8, 4) is 17.2 Å². The molecule has 0 N–H and O–H groups in total. The molecule has 0 saturated carbocycles. The van der Waals surface area contributed by atoms with E-state index in [2.05, 4.69) is 0 Å². The Bertz CT molecular complexity index is 1140. The van der Waals surface area contributed by atoms with Crippen molar-refractivity contribution in [3.05, 3.63) is 47.5 Å². The maximum absolute atomic E-state index is 13.5. The summed E-state index contributed by atoms with van der Waals surface area (Å²) in [6.07, 6.45) is 1.10. The number of hydrazone groups is 1. The molecular formula is C23H26N4O5S. The second-order valence-corrected chi connectivity index (χ2v) is 8.28. The minimum absolute atomic E-state index is 0.130. The molecule has 9 nitrogen and oxygen atoms in total. The predicted molar refractivity (Wildman–Crippen MR) is 127 cm³/mol. The Morgan fingerprint density at radius 3 is 2.30 bits per heavy atom. The molecule has 2 atom stereocenters. The van der Waals surface area contributed by atoms with E-state index in [1.807, 2.05) is 36.6 Å². The van der Waals surface area contributed by atoms with Crippen molar-refractivity contribution in [2.24, 2.45) is 5.10 Å². The number of likely N-dealkylation sites (N-methyl/N-ethyl adjacent to an activating group) is 1. The van der Waals surface area contributed by atoms with Gasteiger partial charge in [0.1, 0.15) is 0 Å². The van der Waals surface area contributed by atoms with Crippen molar-refractivity contribution in [2.45, 2.75) is 19.1 Å². The van der Waals surface area contributed by atoms with Crippen LogP contribution in [0.3, 0.4) is 0 Å². The van der Waals surface area contributed by atoms with Crippen LogP contribution in [-0.4, -0.2) is 61.5 Å². The molecule has 174 valence electrons. The van der Waals surface area contributed by atoms with E-state index < -0.39 is 12.2 Å². The molecule has 4 rings (SSSR count). The number of amides is 2. The van der Waals surface area contributed by atoms with Crippen LogP contribution in [0, 0.1) is 0 Å². The van der Waals surface area contributed by atoms with Gasteiger partial charge in [-0.25, -0.2) is 0 Å². The number of fused-ring (bicyclic) bond motifs is 3. The summed E-state index contributed by atoms with van der Waals surface area (Å²) in [5, 5.41) is 7.03. The smallest absolute Gasteiger partial charge is 0.257 e. The van der Waals surface area contributed by atoms with E-state index in [1.165, 1.54) is 32.9 Å². The molecule has 33 heavy (non-hydrogen) atoms. The van der Waals surface area contributed by atoms with E-state index in [1.54, 1.807) is 35.0 Å². The fourth-order valence-corrected chi connectivity index (χ4v) is 4.94. The normalized spacial score (nSPS) is 19.5. The van der Waals surface area contributed by atoms with Gasteiger partial charge in [-0.3, -0.25) is 24.4 Å². The number of hydrogen-bond acceptors (Lipinski definition) is 8. The Hall–Kier alpha value is -3.40. The van der Waals surface area contributed by atoms with Gasteiger partial charge in [0.25, 0.3) is 5.91 Å². The lowest BCUT2D eigenvalue weighted by Gasteiger charge is -2.49. The predicted octanol–water partition coefficient (Wildman–Crippen LogP) is 3.23. The first-order valence-electron chi connectivity index (χ1n) is 10.3. The van der Waals surface area contributed by atoms with Crippen LogP contribution in [0.25, 0.3) is 0 Å². The highest BCUT2D eigenvalue weighted by atomic mass is 32.2. The van der Waals surface area contributed by atoms with Crippen LogP contribution in [0.15, 0.2) is 41.5 Å². The number of ether oxygens (including phenoxy) is 3. The number of carbonyl (C=O) groups is 2. The average Bonchev–Trinajstić information content (AvgIpc) is 2.83. The summed E-state index contributed by atoms with van der Waals surface area (Å²) in [5.41, 5.74) is 1.98. The summed E-state index contributed by atoms with van der Waals surface area (Å²) in [6.45, 7) is 1.49. The third kappa shape index (κ3) is 3.45. The molecule has 10 heteroatoms. The van der Waals surface area contributed by atoms with Gasteiger partial charge in [-0.2, -0.15) is 0 Å². The number of nitrogens with zero attached hydrogens (tertiary/aromatic N) is 4. The van der Waals surface area contributed by atoms with E-state index >= 15 is 0 Å². The molecule has 2 aliphatic rings. The molecule has 0 fully saturated rings. The Kier molecular flexibility index (Phi) is 6.11. The fourth-order valence-electron chi connectivity index (χ4n) is 4.40. The third-order valence-electron chi connectivity index (χ3n) is 5.84. The van der Waals surface area contributed by atoms with Crippen molar-refractivity contribution in [1.82, 2.24) is 9.91 Å². The van der Waals surface area contributed by atoms with E-state index in [-0.39, 0.29) is 11.8 Å². The molecule has 2 aliphatic heterocycles. The summed E-state index contributed by atoms with van der Waals surface area (Å²) in [6, 6.07) is 10.3. The van der Waals surface area contributed by atoms with Crippen LogP contribution >= 0.6 is 11.8 Å². The molecule has 2 aromatic carbocycles. The van der Waals surface area contributed by atoms with E-state index in [0.29, 0.717) is 39.2 Å². The molecule has 0 aromatic heterocycles. The van der Waals surface area contributed by atoms with Crippen LogP contribution < -0.4 is 19.1 Å². The molecule has 0 bridgehead atoms. The molecule has 2 amide bonds. The number of amidine groups is 1. The van der Waals surface area contributed by atoms with Gasteiger partial charge in [0.15, 0.2) is 28.9 Å². The Balaban J connectivity index is 2.05. The first kappa shape index (κ1) is 22.8. The molecule has 0 spiro atoms. The van der Waals surface area contributed by atoms with Gasteiger partial charge < -0.3 is 14.2 Å². The number of carbonyl (C=O) groups excluding carboxylic acids is 2. The van der Waals surface area contributed by atoms with Gasteiger partial charge in [0, 0.05) is 25.1 Å². The van der Waals surface area contributed by atoms with Gasteiger partial charge in [-0.05, 0) is 24.5 Å². The lowest BCUT2D eigenvalue weighted by Crippen LogP contribution is -2.55. The summed E-state index contributed by atoms with van der Waals surface area (Å²) in [4.78, 5) is 29.8. The van der Waals surface area contributed by atoms with Crippen molar-refractivity contribution < 1.29 is 23.8 Å². The van der Waals surface area contributed by atoms with Crippen LogP contribution in [0.4, 0.5) is 5.69 Å². The van der Waals surface area contributed by atoms with Crippen molar-refractivity contribution in [3.63, 3.8) is 0 Å². The summed E-state index contributed by atoms with van der Waals surface area (Å²) in [5.74, 6) is 0.955. The second-order valence-electron chi connectivity index (χ2n) is 7.51. The standard InChI is InChI=1S/C23H26N4O5S/c1-13(28)26-16-10-8-7-9-14(16)18-22(29)25(2)23(33-6)24-27(18)21(26)15-11-12-17(30-3)20(32-5)19(15)31-4/h7-12,18,21H,1-6H3/t18-,21+/m1/s1. The maximum atomic E-state index is 13.5. The van der Waals surface area contributed by atoms with Gasteiger partial charge >= 0.3 is 0 Å². The number of rotatable bonds is 4. The van der Waals surface area contributed by atoms with Crippen LogP contribution in [0.2, 0.25) is 0 Å². The third-order valence-corrected chi connectivity index (χ3v) is 6.56. The van der Waals surface area contributed by atoms with E-state index in [4.69, 9.17) is 19.3 Å². The minimum Gasteiger partial charge on any atom is -0.493 e. The van der Waals surface area contributed by atoms with Crippen molar-refractivity contribution in [2.75, 3.05) is 39.5 Å². The number of anilines is 1. The summed E-state index contributed by atoms with van der Waals surface area (Å²) >= 11 is 1.36. The van der Waals surface area contributed by atoms with Crippen LogP contribution in [0.5, 0.6) is 17.2 Å². The number of benzene rings is 2. The zero-order chi connectivity index (χ0) is 23.9. The average molecular weight is 471 g/mol. The van der Waals surface area contributed by atoms with Gasteiger partial charge in [-0.15, -0.1) is 5.10 Å². The lowest BCUT2D eigenvalue weighted by atomic mass is 9.94. The zero-order valence-corrected chi connectivity index (χ0v) is 20.2. The molecule has 2 heterocycles. The summed E-state index contributed by atoms with van der Waals surface area (Å²) in [7, 11) is 6.30. The fraction of sp³-hybridized carbons (Fsp3) is 0.348. The number of methoxy groups -OCH3 is 3. The number of thioether (sulfide) groups is 1. The molecule has 0 aliphatic carbocycles. The zero-order valence-electron chi connectivity index (χ0n) is 19.4. The first-order valence-corrected chi connectivity index (χ1v) is 11.5. The molecule has 0 unspecified atom stereocenters. The van der Waals surface area contributed by atoms with E-state index in [0.717, 1.165) is 0 Å². The Morgan fingerprint density at radius 2 is 1.70 bits per heavy atom. The highest BCUT2D eigenvalue weighted by Gasteiger charge is 2.49. The highest BCUT2D eigenvalue weighted by Crippen LogP contribution is 2.52. The largest absolute Gasteiger partial charge is 0.493 e. The van der Waals surface area contributed by atoms with Gasteiger partial charge in [-0.1, -0.05) is 30.0 Å². The highest BCUT2D eigenvalue weighted by molar-refractivity contribution is 8.13. The summed E-state index contributed by atoms with van der Waals surface area (Å²) < 4.78 is 16.8. The lowest BCUT2D eigenvalue weighted by molar-refractivity contribution is -0.136. The molecular weight excluding hydrogens is 444 g/mol. The monoisotopic (exact) mass is 470 g/mol. The van der Waals surface area contributed by atoms with Crippen molar-refractivity contribution in [1.29, 1.82) is 0 Å². The topological polar surface area (TPSA) is 83.9 Å². The second kappa shape index (κ2) is 8.86. The Morgan fingerprint density at radius 1 is 1.00 bits per heavy atom. The first-order chi connectivity index (χ1) is 15.9. The van der Waals surface area contributed by atoms with Crippen molar-refractivity contribution >= 4 is 34.4 Å². The van der Waals surface area contributed by atoms with Crippen LogP contribution in [0.1, 0.15) is 30.3 Å². The van der Waals surface area contributed by atoms with Crippen LogP contribution in [-0.2, 0) is 9.59 Å². The molecule has 2 aromatic rings. The molecule has 0 saturated heterocycles. The molecule has 0 radical (unpaired) electrons. The van der Waals surface area contributed by atoms with E-state index in [9.17, 15) is 9.59 Å². The van der Waals surface area contributed by atoms with Gasteiger partial charge in [0.05, 0.1) is 27.0 Å². The number of para-hydroxylation sites is 1. The number of hydrogen-bond donors (Lipinski definition) is 0. The maximum Gasteiger partial charge on any atom is 0.257 e.